The molecule has 6 nitrogen and oxygen atoms in total. The lowest BCUT2D eigenvalue weighted by Gasteiger charge is -2.02. The number of hydrazone groups is 1. The average Bonchev–Trinajstić information content (AvgIpc) is 2.48. The summed E-state index contributed by atoms with van der Waals surface area (Å²) in [5.41, 5.74) is 2.18. The third-order valence-corrected chi connectivity index (χ3v) is 3.00. The van der Waals surface area contributed by atoms with Gasteiger partial charge in [0.05, 0.1) is 21.7 Å². The van der Waals surface area contributed by atoms with Gasteiger partial charge in [0.25, 0.3) is 11.6 Å². The molecule has 2 rings (SSSR count). The molecule has 0 bridgehead atoms. The van der Waals surface area contributed by atoms with E-state index >= 15 is 0 Å². The average molecular weight is 322 g/mol. The van der Waals surface area contributed by atoms with E-state index in [1.165, 1.54) is 24.3 Å². The van der Waals surface area contributed by atoms with Crippen molar-refractivity contribution in [2.24, 2.45) is 5.10 Å². The number of hydrogen-bond acceptors (Lipinski definition) is 4. The Bertz CT molecular complexity index is 765. The van der Waals surface area contributed by atoms with Crippen LogP contribution in [0.25, 0.3) is 0 Å². The van der Waals surface area contributed by atoms with E-state index in [1.54, 1.807) is 6.07 Å². The number of carbonyl (C=O) groups is 1. The predicted molar refractivity (Wildman–Crippen MR) is 79.6 cm³/mol. The molecule has 0 aliphatic carbocycles. The molecule has 0 saturated carbocycles. The van der Waals surface area contributed by atoms with Gasteiger partial charge in [0.1, 0.15) is 5.82 Å². The van der Waals surface area contributed by atoms with Crippen molar-refractivity contribution in [1.29, 1.82) is 0 Å². The van der Waals surface area contributed by atoms with Crippen LogP contribution in [0.5, 0.6) is 0 Å². The van der Waals surface area contributed by atoms with Crippen molar-refractivity contribution in [2.45, 2.75) is 0 Å². The zero-order valence-corrected chi connectivity index (χ0v) is 11.7. The fourth-order valence-corrected chi connectivity index (χ4v) is 1.86. The van der Waals surface area contributed by atoms with Crippen LogP contribution in [0.15, 0.2) is 47.6 Å². The number of nitrogens with one attached hydrogen (secondary N) is 1. The highest BCUT2D eigenvalue weighted by molar-refractivity contribution is 6.34. The minimum Gasteiger partial charge on any atom is -0.267 e. The zero-order chi connectivity index (χ0) is 16.1. The van der Waals surface area contributed by atoms with E-state index in [0.29, 0.717) is 0 Å². The Morgan fingerprint density at radius 1 is 1.32 bits per heavy atom. The number of nitrogens with zero attached hydrogens (tertiary/aromatic N) is 2. The van der Waals surface area contributed by atoms with E-state index in [1.807, 2.05) is 0 Å². The molecular formula is C14H9ClFN3O3. The molecule has 0 aliphatic rings. The second-order valence-corrected chi connectivity index (χ2v) is 4.55. The number of hydrogen-bond donors (Lipinski definition) is 1. The lowest BCUT2D eigenvalue weighted by Crippen LogP contribution is -2.18. The second-order valence-electron chi connectivity index (χ2n) is 4.14. The summed E-state index contributed by atoms with van der Waals surface area (Å²) in [7, 11) is 0. The maximum absolute atomic E-state index is 13.3. The van der Waals surface area contributed by atoms with Gasteiger partial charge in [-0.3, -0.25) is 14.9 Å². The number of amides is 1. The lowest BCUT2D eigenvalue weighted by atomic mass is 10.2. The number of nitro groups is 1. The molecule has 0 spiro atoms. The molecule has 112 valence electrons. The van der Waals surface area contributed by atoms with Gasteiger partial charge >= 0.3 is 0 Å². The smallest absolute Gasteiger partial charge is 0.267 e. The monoisotopic (exact) mass is 321 g/mol. The SMILES string of the molecule is O=C(N/N=C/c1ccccc1F)c1ccc([N+](=O)[O-])cc1Cl. The van der Waals surface area contributed by atoms with Gasteiger partial charge in [-0.05, 0) is 12.1 Å². The molecule has 0 atom stereocenters. The summed E-state index contributed by atoms with van der Waals surface area (Å²) in [5, 5.41) is 14.1. The molecule has 0 aromatic heterocycles. The van der Waals surface area contributed by atoms with Crippen LogP contribution in [-0.2, 0) is 0 Å². The highest BCUT2D eigenvalue weighted by Crippen LogP contribution is 2.22. The molecule has 22 heavy (non-hydrogen) atoms. The van der Waals surface area contributed by atoms with E-state index in [-0.39, 0.29) is 21.8 Å². The first-order valence-corrected chi connectivity index (χ1v) is 6.38. The van der Waals surface area contributed by atoms with Crippen molar-refractivity contribution in [3.63, 3.8) is 0 Å². The van der Waals surface area contributed by atoms with Crippen LogP contribution in [0.2, 0.25) is 5.02 Å². The summed E-state index contributed by atoms with van der Waals surface area (Å²) < 4.78 is 13.3. The Labute approximate surface area is 129 Å². The molecule has 2 aromatic carbocycles. The standard InChI is InChI=1S/C14H9ClFN3O3/c15-12-7-10(19(21)22)5-6-11(12)14(20)18-17-8-9-3-1-2-4-13(9)16/h1-8H,(H,18,20)/b17-8+. The number of non-ortho nitro benzene ring substituents is 1. The molecule has 0 fully saturated rings. The zero-order valence-electron chi connectivity index (χ0n) is 11.0. The van der Waals surface area contributed by atoms with Gasteiger partial charge in [-0.15, -0.1) is 0 Å². The van der Waals surface area contributed by atoms with Crippen molar-refractivity contribution in [3.8, 4) is 0 Å². The van der Waals surface area contributed by atoms with E-state index < -0.39 is 16.6 Å². The van der Waals surface area contributed by atoms with Gasteiger partial charge in [-0.1, -0.05) is 29.8 Å². The molecule has 2 aromatic rings. The minimum absolute atomic E-state index is 0.0259. The lowest BCUT2D eigenvalue weighted by molar-refractivity contribution is -0.384. The summed E-state index contributed by atoms with van der Waals surface area (Å²) >= 11 is 5.81. The molecular weight excluding hydrogens is 313 g/mol. The molecule has 0 unspecified atom stereocenters. The van der Waals surface area contributed by atoms with Gasteiger partial charge < -0.3 is 0 Å². The normalized spacial score (nSPS) is 10.6. The van der Waals surface area contributed by atoms with Crippen molar-refractivity contribution < 1.29 is 14.1 Å². The molecule has 1 N–H and O–H groups in total. The highest BCUT2D eigenvalue weighted by Gasteiger charge is 2.14. The van der Waals surface area contributed by atoms with E-state index in [4.69, 9.17) is 11.6 Å². The van der Waals surface area contributed by atoms with Crippen LogP contribution in [0.1, 0.15) is 15.9 Å². The van der Waals surface area contributed by atoms with Crippen molar-refractivity contribution in [1.82, 2.24) is 5.43 Å². The molecule has 1 amide bonds. The van der Waals surface area contributed by atoms with Crippen LogP contribution in [0.3, 0.4) is 0 Å². The number of nitro benzene ring substituents is 1. The third-order valence-electron chi connectivity index (χ3n) is 2.68. The number of halogens is 2. The number of rotatable bonds is 4. The van der Waals surface area contributed by atoms with Crippen molar-refractivity contribution in [2.75, 3.05) is 0 Å². The molecule has 0 aliphatic heterocycles. The van der Waals surface area contributed by atoms with Gasteiger partial charge in [-0.25, -0.2) is 9.82 Å². The van der Waals surface area contributed by atoms with E-state index in [2.05, 4.69) is 10.5 Å². The highest BCUT2D eigenvalue weighted by atomic mass is 35.5. The van der Waals surface area contributed by atoms with Crippen LogP contribution < -0.4 is 5.43 Å². The summed E-state index contributed by atoms with van der Waals surface area (Å²) in [6, 6.07) is 9.34. The Hall–Kier alpha value is -2.80. The van der Waals surface area contributed by atoms with Crippen LogP contribution in [0, 0.1) is 15.9 Å². The van der Waals surface area contributed by atoms with Gasteiger partial charge in [0, 0.05) is 17.7 Å². The molecule has 0 radical (unpaired) electrons. The fourth-order valence-electron chi connectivity index (χ4n) is 1.60. The van der Waals surface area contributed by atoms with Crippen LogP contribution in [0.4, 0.5) is 10.1 Å². The summed E-state index contributed by atoms with van der Waals surface area (Å²) in [4.78, 5) is 21.8. The molecule has 0 saturated heterocycles. The van der Waals surface area contributed by atoms with Crippen LogP contribution in [-0.4, -0.2) is 17.0 Å². The van der Waals surface area contributed by atoms with E-state index in [9.17, 15) is 19.3 Å². The van der Waals surface area contributed by atoms with Crippen LogP contribution >= 0.6 is 11.6 Å². The van der Waals surface area contributed by atoms with E-state index in [0.717, 1.165) is 18.3 Å². The van der Waals surface area contributed by atoms with Gasteiger partial charge in [0.2, 0.25) is 0 Å². The Morgan fingerprint density at radius 3 is 2.68 bits per heavy atom. The number of benzene rings is 2. The predicted octanol–water partition coefficient (Wildman–Crippen LogP) is 3.15. The Kier molecular flexibility index (Phi) is 4.80. The molecule has 0 heterocycles. The topological polar surface area (TPSA) is 84.6 Å². The first kappa shape index (κ1) is 15.6. The maximum atomic E-state index is 13.3. The Morgan fingerprint density at radius 2 is 2.05 bits per heavy atom. The second kappa shape index (κ2) is 6.77. The largest absolute Gasteiger partial charge is 0.272 e. The minimum atomic E-state index is -0.660. The fraction of sp³-hybridized carbons (Fsp3) is 0. The quantitative estimate of drug-likeness (QED) is 0.533. The summed E-state index contributed by atoms with van der Waals surface area (Å²) in [5.74, 6) is -1.14. The summed E-state index contributed by atoms with van der Waals surface area (Å²) in [6.07, 6.45) is 1.15. The number of carbonyl (C=O) groups excluding carboxylic acids is 1. The third kappa shape index (κ3) is 3.64. The first-order valence-electron chi connectivity index (χ1n) is 6.01. The van der Waals surface area contributed by atoms with Gasteiger partial charge in [0.15, 0.2) is 0 Å². The Balaban J connectivity index is 2.10. The van der Waals surface area contributed by atoms with Crippen molar-refractivity contribution in [3.05, 3.63) is 74.5 Å². The van der Waals surface area contributed by atoms with Crippen molar-refractivity contribution >= 4 is 29.4 Å². The first-order chi connectivity index (χ1) is 10.5. The van der Waals surface area contributed by atoms with Gasteiger partial charge in [-0.2, -0.15) is 5.10 Å². The molecule has 8 heteroatoms. The summed E-state index contributed by atoms with van der Waals surface area (Å²) in [6.45, 7) is 0. The maximum Gasteiger partial charge on any atom is 0.272 e.